The summed E-state index contributed by atoms with van der Waals surface area (Å²) in [6, 6.07) is 10.7. The molecule has 0 aliphatic heterocycles. The smallest absolute Gasteiger partial charge is 0.145 e. The van der Waals surface area contributed by atoms with E-state index in [2.05, 4.69) is 30.3 Å². The molecule has 0 saturated heterocycles. The Kier molecular flexibility index (Phi) is 5.53. The highest BCUT2D eigenvalue weighted by molar-refractivity contribution is 5.97. The van der Waals surface area contributed by atoms with Crippen LogP contribution in [-0.2, 0) is 10.8 Å². The highest BCUT2D eigenvalue weighted by atomic mass is 28.2. The summed E-state index contributed by atoms with van der Waals surface area (Å²) in [4.78, 5) is 0. The molecule has 13 heavy (non-hydrogen) atoms. The Labute approximate surface area is 83.7 Å². The third-order valence-corrected chi connectivity index (χ3v) is 2.56. The minimum Gasteiger partial charge on any atom is -0.428 e. The molecule has 0 saturated carbocycles. The summed E-state index contributed by atoms with van der Waals surface area (Å²) in [5, 5.41) is 0. The number of hydrogen-bond acceptors (Lipinski definition) is 1. The van der Waals surface area contributed by atoms with Gasteiger partial charge in [-0.2, -0.15) is 0 Å². The highest BCUT2D eigenvalue weighted by Gasteiger charge is 1.91. The van der Waals surface area contributed by atoms with Crippen LogP contribution in [0.2, 0.25) is 0 Å². The zero-order valence-electron chi connectivity index (χ0n) is 8.33. The summed E-state index contributed by atoms with van der Waals surface area (Å²) >= 11 is 0. The van der Waals surface area contributed by atoms with Crippen LogP contribution in [0.1, 0.15) is 24.8 Å². The maximum atomic E-state index is 5.13. The van der Waals surface area contributed by atoms with Gasteiger partial charge in [-0.25, -0.2) is 0 Å². The van der Waals surface area contributed by atoms with Crippen LogP contribution in [0, 0.1) is 0 Å². The van der Waals surface area contributed by atoms with Crippen molar-refractivity contribution in [3.05, 3.63) is 35.9 Å². The van der Waals surface area contributed by atoms with Gasteiger partial charge in [0, 0.05) is 6.61 Å². The van der Waals surface area contributed by atoms with E-state index in [9.17, 15) is 0 Å². The summed E-state index contributed by atoms with van der Waals surface area (Å²) in [5.74, 6) is 0. The zero-order chi connectivity index (χ0) is 9.36. The number of aryl methyl sites for hydroxylation is 1. The average Bonchev–Trinajstić information content (AvgIpc) is 2.19. The molecule has 0 bridgehead atoms. The van der Waals surface area contributed by atoms with Gasteiger partial charge in [0.1, 0.15) is 10.5 Å². The minimum atomic E-state index is 0.883. The van der Waals surface area contributed by atoms with Crippen molar-refractivity contribution in [3.63, 3.8) is 0 Å². The quantitative estimate of drug-likeness (QED) is 0.495. The van der Waals surface area contributed by atoms with Crippen LogP contribution < -0.4 is 0 Å². The fraction of sp³-hybridized carbons (Fsp3) is 0.455. The first-order valence-corrected chi connectivity index (χ1v) is 5.78. The van der Waals surface area contributed by atoms with Gasteiger partial charge in [-0.05, 0) is 24.8 Å². The summed E-state index contributed by atoms with van der Waals surface area (Å²) < 4.78 is 5.13. The van der Waals surface area contributed by atoms with Gasteiger partial charge in [0.2, 0.25) is 0 Å². The Morgan fingerprint density at radius 1 is 1.00 bits per heavy atom. The van der Waals surface area contributed by atoms with E-state index >= 15 is 0 Å². The second kappa shape index (κ2) is 6.86. The van der Waals surface area contributed by atoms with E-state index in [1.807, 2.05) is 0 Å². The first kappa shape index (κ1) is 10.5. The Balaban J connectivity index is 2.07. The molecule has 0 aliphatic carbocycles. The molecule has 1 rings (SSSR count). The van der Waals surface area contributed by atoms with Crippen LogP contribution in [0.25, 0.3) is 0 Å². The second-order valence-corrected chi connectivity index (χ2v) is 3.87. The van der Waals surface area contributed by atoms with E-state index < -0.39 is 0 Å². The van der Waals surface area contributed by atoms with Crippen molar-refractivity contribution in [1.29, 1.82) is 0 Å². The third kappa shape index (κ3) is 4.86. The van der Waals surface area contributed by atoms with Gasteiger partial charge in [0.05, 0.1) is 0 Å². The lowest BCUT2D eigenvalue weighted by molar-refractivity contribution is 0.334. The standard InChI is InChI=1S/C11H18OSi/c13-12-10-6-2-5-9-11-7-3-1-4-8-11/h1,3-4,7-8H,2,5-6,9-10H2,13H3. The van der Waals surface area contributed by atoms with Gasteiger partial charge in [-0.15, -0.1) is 0 Å². The molecule has 0 N–H and O–H groups in total. The molecule has 0 amide bonds. The van der Waals surface area contributed by atoms with Crippen molar-refractivity contribution >= 4 is 10.5 Å². The number of rotatable bonds is 6. The monoisotopic (exact) mass is 194 g/mol. The van der Waals surface area contributed by atoms with Gasteiger partial charge in [-0.1, -0.05) is 36.8 Å². The molecule has 1 aromatic carbocycles. The van der Waals surface area contributed by atoms with Crippen LogP contribution in [0.4, 0.5) is 0 Å². The molecular formula is C11H18OSi. The van der Waals surface area contributed by atoms with E-state index in [4.69, 9.17) is 4.43 Å². The molecule has 1 nitrogen and oxygen atoms in total. The first-order valence-electron chi connectivity index (χ1n) is 4.96. The lowest BCUT2D eigenvalue weighted by atomic mass is 10.1. The molecular weight excluding hydrogens is 176 g/mol. The Bertz CT molecular complexity index is 211. The van der Waals surface area contributed by atoms with Gasteiger partial charge in [0.15, 0.2) is 0 Å². The normalized spacial score (nSPS) is 10.5. The lowest BCUT2D eigenvalue weighted by Gasteiger charge is -2.01. The van der Waals surface area contributed by atoms with Crippen LogP contribution in [0.15, 0.2) is 30.3 Å². The van der Waals surface area contributed by atoms with Crippen molar-refractivity contribution in [3.8, 4) is 0 Å². The minimum absolute atomic E-state index is 0.883. The fourth-order valence-electron chi connectivity index (χ4n) is 1.40. The predicted octanol–water partition coefficient (Wildman–Crippen LogP) is 1.70. The van der Waals surface area contributed by atoms with Gasteiger partial charge >= 0.3 is 0 Å². The molecule has 0 aliphatic rings. The third-order valence-electron chi connectivity index (χ3n) is 2.16. The van der Waals surface area contributed by atoms with Crippen LogP contribution in [-0.4, -0.2) is 17.1 Å². The van der Waals surface area contributed by atoms with Crippen molar-refractivity contribution in [2.75, 3.05) is 6.61 Å². The highest BCUT2D eigenvalue weighted by Crippen LogP contribution is 2.05. The van der Waals surface area contributed by atoms with Gasteiger partial charge < -0.3 is 4.43 Å². The molecule has 0 unspecified atom stereocenters. The molecule has 0 aromatic heterocycles. The maximum Gasteiger partial charge on any atom is 0.145 e. The summed E-state index contributed by atoms with van der Waals surface area (Å²) in [6.45, 7) is 0.959. The Morgan fingerprint density at radius 3 is 2.46 bits per heavy atom. The van der Waals surface area contributed by atoms with E-state index in [1.54, 1.807) is 0 Å². The Morgan fingerprint density at radius 2 is 1.77 bits per heavy atom. The molecule has 0 spiro atoms. The van der Waals surface area contributed by atoms with Gasteiger partial charge in [-0.3, -0.25) is 0 Å². The maximum absolute atomic E-state index is 5.13. The number of benzene rings is 1. The van der Waals surface area contributed by atoms with Crippen LogP contribution in [0.3, 0.4) is 0 Å². The molecule has 72 valence electrons. The first-order chi connectivity index (χ1) is 6.43. The summed E-state index contributed by atoms with van der Waals surface area (Å²) in [6.07, 6.45) is 5.00. The van der Waals surface area contributed by atoms with Crippen molar-refractivity contribution in [1.82, 2.24) is 0 Å². The Hall–Kier alpha value is -0.603. The van der Waals surface area contributed by atoms with E-state index in [0.717, 1.165) is 17.1 Å². The molecule has 0 radical (unpaired) electrons. The van der Waals surface area contributed by atoms with E-state index in [-0.39, 0.29) is 0 Å². The topological polar surface area (TPSA) is 9.23 Å². The van der Waals surface area contributed by atoms with Gasteiger partial charge in [0.25, 0.3) is 0 Å². The van der Waals surface area contributed by atoms with Crippen molar-refractivity contribution in [2.45, 2.75) is 25.7 Å². The average molecular weight is 194 g/mol. The van der Waals surface area contributed by atoms with E-state index in [1.165, 1.54) is 31.2 Å². The fourth-order valence-corrected chi connectivity index (χ4v) is 1.69. The number of hydrogen-bond donors (Lipinski definition) is 0. The van der Waals surface area contributed by atoms with Crippen molar-refractivity contribution in [2.24, 2.45) is 0 Å². The predicted molar refractivity (Wildman–Crippen MR) is 59.9 cm³/mol. The summed E-state index contributed by atoms with van der Waals surface area (Å²) in [7, 11) is 0.883. The van der Waals surface area contributed by atoms with Crippen LogP contribution >= 0.6 is 0 Å². The van der Waals surface area contributed by atoms with E-state index in [0.29, 0.717) is 0 Å². The van der Waals surface area contributed by atoms with Crippen molar-refractivity contribution < 1.29 is 4.43 Å². The lowest BCUT2D eigenvalue weighted by Crippen LogP contribution is -1.91. The SMILES string of the molecule is [SiH3]OCCCCCc1ccccc1. The summed E-state index contributed by atoms with van der Waals surface area (Å²) in [5.41, 5.74) is 1.45. The second-order valence-electron chi connectivity index (χ2n) is 3.29. The molecule has 0 fully saturated rings. The molecule has 2 heteroatoms. The zero-order valence-corrected chi connectivity index (χ0v) is 10.3. The number of unbranched alkanes of at least 4 members (excludes halogenated alkanes) is 2. The molecule has 0 heterocycles. The largest absolute Gasteiger partial charge is 0.428 e. The molecule has 0 atom stereocenters. The van der Waals surface area contributed by atoms with Crippen LogP contribution in [0.5, 0.6) is 0 Å². The molecule has 1 aromatic rings.